The van der Waals surface area contributed by atoms with Gasteiger partial charge in [0.05, 0.1) is 12.7 Å². The molecule has 0 aliphatic carbocycles. The number of halogens is 1. The summed E-state index contributed by atoms with van der Waals surface area (Å²) in [5, 5.41) is 0. The van der Waals surface area contributed by atoms with Crippen LogP contribution < -0.4 is 4.90 Å². The van der Waals surface area contributed by atoms with Crippen LogP contribution in [0.15, 0.2) is 48.5 Å². The van der Waals surface area contributed by atoms with Crippen molar-refractivity contribution in [2.45, 2.75) is 26.5 Å². The highest BCUT2D eigenvalue weighted by atomic mass is 19.1. The minimum Gasteiger partial charge on any atom is -0.378 e. The Hall–Kier alpha value is -2.44. The first-order valence-corrected chi connectivity index (χ1v) is 11.0. The van der Waals surface area contributed by atoms with Gasteiger partial charge in [-0.15, -0.1) is 0 Å². The number of anilines is 1. The van der Waals surface area contributed by atoms with Crippen molar-refractivity contribution in [2.24, 2.45) is 5.92 Å². The summed E-state index contributed by atoms with van der Waals surface area (Å²) in [6.45, 7) is 8.53. The monoisotopic (exact) mass is 427 g/mol. The number of nitrogens with zero attached hydrogens (tertiary/aromatic N) is 3. The van der Waals surface area contributed by atoms with Gasteiger partial charge in [0.1, 0.15) is 5.82 Å². The van der Waals surface area contributed by atoms with Gasteiger partial charge in [-0.2, -0.15) is 0 Å². The van der Waals surface area contributed by atoms with Gasteiger partial charge < -0.3 is 14.5 Å². The Bertz CT molecular complexity index is 837. The van der Waals surface area contributed by atoms with Crippen LogP contribution in [0, 0.1) is 11.7 Å². The normalized spacial score (nSPS) is 17.0. The van der Waals surface area contributed by atoms with E-state index in [0.29, 0.717) is 31.2 Å². The molecule has 3 rings (SSSR count). The molecule has 0 bridgehead atoms. The first-order valence-electron chi connectivity index (χ1n) is 11.0. The highest BCUT2D eigenvalue weighted by Crippen LogP contribution is 2.17. The van der Waals surface area contributed by atoms with E-state index in [2.05, 4.69) is 47.9 Å². The summed E-state index contributed by atoms with van der Waals surface area (Å²) in [6.07, 6.45) is -0.0436. The van der Waals surface area contributed by atoms with Crippen LogP contribution in [0.3, 0.4) is 0 Å². The van der Waals surface area contributed by atoms with E-state index in [1.807, 2.05) is 19.0 Å². The van der Waals surface area contributed by atoms with Crippen LogP contribution in [0.5, 0.6) is 0 Å². The maximum absolute atomic E-state index is 13.3. The number of hydrogen-bond donors (Lipinski definition) is 0. The highest BCUT2D eigenvalue weighted by Gasteiger charge is 2.26. The lowest BCUT2D eigenvalue weighted by molar-refractivity contribution is -0.0438. The van der Waals surface area contributed by atoms with E-state index < -0.39 is 0 Å². The molecule has 1 aliphatic rings. The fourth-order valence-corrected chi connectivity index (χ4v) is 3.89. The molecule has 5 nitrogen and oxygen atoms in total. The highest BCUT2D eigenvalue weighted by molar-refractivity contribution is 5.94. The fourth-order valence-electron chi connectivity index (χ4n) is 3.89. The van der Waals surface area contributed by atoms with E-state index >= 15 is 0 Å². The molecule has 1 aliphatic heterocycles. The Morgan fingerprint density at radius 1 is 1.13 bits per heavy atom. The average molecular weight is 428 g/mol. The maximum Gasteiger partial charge on any atom is 0.253 e. The summed E-state index contributed by atoms with van der Waals surface area (Å²) in [7, 11) is 4.08. The number of carbonyl (C=O) groups excluding carboxylic acids is 1. The quantitative estimate of drug-likeness (QED) is 0.640. The van der Waals surface area contributed by atoms with Crippen LogP contribution in [0.25, 0.3) is 0 Å². The van der Waals surface area contributed by atoms with Gasteiger partial charge in [0, 0.05) is 58.1 Å². The van der Waals surface area contributed by atoms with Gasteiger partial charge in [0.15, 0.2) is 0 Å². The Morgan fingerprint density at radius 2 is 1.81 bits per heavy atom. The van der Waals surface area contributed by atoms with E-state index in [9.17, 15) is 9.18 Å². The van der Waals surface area contributed by atoms with Crippen LogP contribution in [-0.2, 0) is 11.3 Å². The third-order valence-electron chi connectivity index (χ3n) is 5.47. The van der Waals surface area contributed by atoms with Crippen LogP contribution in [0.1, 0.15) is 29.8 Å². The number of hydrogen-bond acceptors (Lipinski definition) is 4. The van der Waals surface area contributed by atoms with E-state index in [4.69, 9.17) is 4.74 Å². The van der Waals surface area contributed by atoms with Gasteiger partial charge in [-0.05, 0) is 47.9 Å². The summed E-state index contributed by atoms with van der Waals surface area (Å²) in [6, 6.07) is 14.4. The Labute approximate surface area is 185 Å². The molecular formula is C25H34FN3O2. The molecule has 0 radical (unpaired) electrons. The molecule has 2 aromatic rings. The SMILES string of the molecule is CC(C)CN(CC1CN(Cc2ccc(N(C)C)cc2)CCO1)C(=O)c1ccc(F)cc1. The molecule has 2 aromatic carbocycles. The minimum absolute atomic E-state index is 0.0436. The molecule has 1 atom stereocenters. The molecule has 6 heteroatoms. The van der Waals surface area contributed by atoms with Crippen molar-refractivity contribution in [3.05, 3.63) is 65.5 Å². The lowest BCUT2D eigenvalue weighted by Gasteiger charge is -2.36. The number of rotatable bonds is 8. The largest absolute Gasteiger partial charge is 0.378 e. The zero-order valence-corrected chi connectivity index (χ0v) is 19.1. The van der Waals surface area contributed by atoms with Crippen molar-refractivity contribution in [1.29, 1.82) is 0 Å². The number of amides is 1. The van der Waals surface area contributed by atoms with Crippen molar-refractivity contribution in [3.63, 3.8) is 0 Å². The summed E-state index contributed by atoms with van der Waals surface area (Å²) in [5.74, 6) is -0.0789. The lowest BCUT2D eigenvalue weighted by Crippen LogP contribution is -2.49. The van der Waals surface area contributed by atoms with Crippen molar-refractivity contribution in [3.8, 4) is 0 Å². The molecule has 0 spiro atoms. The number of carbonyl (C=O) groups is 1. The Kier molecular flexibility index (Phi) is 8.04. The summed E-state index contributed by atoms with van der Waals surface area (Å²) in [5.41, 5.74) is 2.97. The molecule has 0 saturated carbocycles. The van der Waals surface area contributed by atoms with Gasteiger partial charge >= 0.3 is 0 Å². The van der Waals surface area contributed by atoms with Gasteiger partial charge in [0.2, 0.25) is 0 Å². The van der Waals surface area contributed by atoms with Gasteiger partial charge in [-0.25, -0.2) is 4.39 Å². The topological polar surface area (TPSA) is 36.0 Å². The summed E-state index contributed by atoms with van der Waals surface area (Å²) in [4.78, 5) is 19.4. The number of benzene rings is 2. The third kappa shape index (κ3) is 6.77. The number of morpholine rings is 1. The molecule has 1 heterocycles. The predicted molar refractivity (Wildman–Crippen MR) is 123 cm³/mol. The third-order valence-corrected chi connectivity index (χ3v) is 5.47. The second-order valence-electron chi connectivity index (χ2n) is 8.90. The van der Waals surface area contributed by atoms with Gasteiger partial charge in [-0.3, -0.25) is 9.69 Å². The van der Waals surface area contributed by atoms with Crippen molar-refractivity contribution in [2.75, 3.05) is 51.8 Å². The zero-order chi connectivity index (χ0) is 22.4. The molecule has 31 heavy (non-hydrogen) atoms. The Balaban J connectivity index is 1.62. The van der Waals surface area contributed by atoms with E-state index in [1.165, 1.54) is 23.4 Å². The van der Waals surface area contributed by atoms with Crippen LogP contribution in [0.2, 0.25) is 0 Å². The molecule has 168 valence electrons. The predicted octanol–water partition coefficient (Wildman–Crippen LogP) is 3.89. The van der Waals surface area contributed by atoms with Crippen LogP contribution >= 0.6 is 0 Å². The van der Waals surface area contributed by atoms with Crippen LogP contribution in [-0.4, -0.2) is 68.7 Å². The van der Waals surface area contributed by atoms with Crippen molar-refractivity contribution < 1.29 is 13.9 Å². The number of ether oxygens (including phenoxy) is 1. The maximum atomic E-state index is 13.3. The van der Waals surface area contributed by atoms with Crippen LogP contribution in [0.4, 0.5) is 10.1 Å². The van der Waals surface area contributed by atoms with E-state index in [0.717, 1.165) is 19.6 Å². The lowest BCUT2D eigenvalue weighted by atomic mass is 10.1. The summed E-state index contributed by atoms with van der Waals surface area (Å²) < 4.78 is 19.3. The zero-order valence-electron chi connectivity index (χ0n) is 19.1. The molecular weight excluding hydrogens is 393 g/mol. The van der Waals surface area contributed by atoms with Gasteiger partial charge in [-0.1, -0.05) is 26.0 Å². The fraction of sp³-hybridized carbons (Fsp3) is 0.480. The van der Waals surface area contributed by atoms with Crippen molar-refractivity contribution in [1.82, 2.24) is 9.80 Å². The molecule has 0 N–H and O–H groups in total. The van der Waals surface area contributed by atoms with Crippen molar-refractivity contribution >= 4 is 11.6 Å². The molecule has 1 amide bonds. The van der Waals surface area contributed by atoms with Gasteiger partial charge in [0.25, 0.3) is 5.91 Å². The standard InChI is InChI=1S/C25H34FN3O2/c1-19(2)15-29(25(30)21-7-9-22(26)10-8-21)18-24-17-28(13-14-31-24)16-20-5-11-23(12-6-20)27(3)4/h5-12,19,24H,13-18H2,1-4H3. The summed E-state index contributed by atoms with van der Waals surface area (Å²) >= 11 is 0. The second kappa shape index (κ2) is 10.7. The minimum atomic E-state index is -0.336. The molecule has 1 saturated heterocycles. The molecule has 1 fully saturated rings. The molecule has 0 aromatic heterocycles. The average Bonchev–Trinajstić information content (AvgIpc) is 2.74. The first-order chi connectivity index (χ1) is 14.8. The Morgan fingerprint density at radius 3 is 2.42 bits per heavy atom. The molecule has 1 unspecified atom stereocenters. The van der Waals surface area contributed by atoms with E-state index in [-0.39, 0.29) is 17.8 Å². The van der Waals surface area contributed by atoms with E-state index in [1.54, 1.807) is 12.1 Å². The first kappa shape index (κ1) is 23.2. The second-order valence-corrected chi connectivity index (χ2v) is 8.90. The smallest absolute Gasteiger partial charge is 0.253 e.